The van der Waals surface area contributed by atoms with Crippen molar-refractivity contribution in [3.63, 3.8) is 0 Å². The van der Waals surface area contributed by atoms with Gasteiger partial charge >= 0.3 is 0 Å². The first kappa shape index (κ1) is 46.8. The van der Waals surface area contributed by atoms with Gasteiger partial charge in [-0.05, 0) is 102 Å². The Hall–Kier alpha value is -6.28. The summed E-state index contributed by atoms with van der Waals surface area (Å²) in [5.41, 5.74) is 9.02. The van der Waals surface area contributed by atoms with Gasteiger partial charge in [0.2, 0.25) is 12.3 Å². The number of rotatable bonds is 19. The van der Waals surface area contributed by atoms with E-state index in [2.05, 4.69) is 90.8 Å². The largest absolute Gasteiger partial charge is 0.493 e. The third kappa shape index (κ3) is 11.3. The highest BCUT2D eigenvalue weighted by molar-refractivity contribution is 6.34. The monoisotopic (exact) mass is 864 g/mol. The molecule has 15 heteroatoms. The van der Waals surface area contributed by atoms with Crippen molar-refractivity contribution in [1.82, 2.24) is 20.4 Å². The second kappa shape index (κ2) is 19.6. The van der Waals surface area contributed by atoms with Crippen molar-refractivity contribution in [2.75, 3.05) is 28.0 Å². The van der Waals surface area contributed by atoms with E-state index in [1.165, 1.54) is 22.4 Å². The molecule has 14 nitrogen and oxygen atoms in total. The molecule has 62 heavy (non-hydrogen) atoms. The van der Waals surface area contributed by atoms with Crippen LogP contribution in [0.4, 0.5) is 22.7 Å². The molecule has 5 N–H and O–H groups in total. The number of hydrazine groups is 1. The highest BCUT2D eigenvalue weighted by Crippen LogP contribution is 2.39. The number of halogens is 1. The lowest BCUT2D eigenvalue weighted by molar-refractivity contribution is -0.135. The summed E-state index contributed by atoms with van der Waals surface area (Å²) in [6, 6.07) is 21.0. The second-order valence-corrected chi connectivity index (χ2v) is 18.0. The van der Waals surface area contributed by atoms with E-state index < -0.39 is 29.1 Å². The molecule has 0 bridgehead atoms. The van der Waals surface area contributed by atoms with Gasteiger partial charge in [0, 0.05) is 34.3 Å². The van der Waals surface area contributed by atoms with Crippen LogP contribution < -0.4 is 31.5 Å². The first-order valence-corrected chi connectivity index (χ1v) is 21.1. The van der Waals surface area contributed by atoms with Crippen molar-refractivity contribution in [1.29, 1.82) is 0 Å². The summed E-state index contributed by atoms with van der Waals surface area (Å²) in [4.78, 5) is 64.8. The SMILES string of the molecule is CCC(C)(C)c1ccc(OCCCC(=O)Nc2ccc(Cl)c(NC(=O)[C@@H](C(=O)C(C)(C)C)n3nnc4cc(C(=O)Nc5ccc(NNC=O)cc5)ccc43)c2)c(C(C)(C)CC)c1. The Labute approximate surface area is 367 Å². The normalized spacial score (nSPS) is 12.3. The zero-order valence-electron chi connectivity index (χ0n) is 36.9. The number of benzene rings is 4. The molecule has 4 amide bonds. The zero-order chi connectivity index (χ0) is 45.4. The average molecular weight is 865 g/mol. The molecular formula is C47H57ClN8O6. The Balaban J connectivity index is 1.26. The molecule has 5 rings (SSSR count). The van der Waals surface area contributed by atoms with E-state index in [-0.39, 0.29) is 44.9 Å². The number of carbonyl (C=O) groups excluding carboxylic acids is 5. The summed E-state index contributed by atoms with van der Waals surface area (Å²) >= 11 is 6.54. The molecule has 1 heterocycles. The molecule has 0 spiro atoms. The number of aromatic nitrogens is 3. The van der Waals surface area contributed by atoms with E-state index in [4.69, 9.17) is 16.3 Å². The van der Waals surface area contributed by atoms with Crippen LogP contribution in [0.3, 0.4) is 0 Å². The third-order valence-corrected chi connectivity index (χ3v) is 11.5. The number of nitrogens with zero attached hydrogens (tertiary/aromatic N) is 3. The van der Waals surface area contributed by atoms with Crippen molar-refractivity contribution in [2.24, 2.45) is 5.41 Å². The van der Waals surface area contributed by atoms with Crippen LogP contribution in [0.25, 0.3) is 11.0 Å². The minimum atomic E-state index is -1.47. The van der Waals surface area contributed by atoms with Crippen LogP contribution in [0.5, 0.6) is 5.75 Å². The fraction of sp³-hybridized carbons (Fsp3) is 0.383. The molecule has 0 radical (unpaired) electrons. The number of amides is 4. The van der Waals surface area contributed by atoms with Crippen molar-refractivity contribution in [2.45, 2.75) is 105 Å². The summed E-state index contributed by atoms with van der Waals surface area (Å²) in [6.07, 6.45) is 3.12. The van der Waals surface area contributed by atoms with E-state index >= 15 is 0 Å². The first-order chi connectivity index (χ1) is 29.3. The molecule has 1 atom stereocenters. The van der Waals surface area contributed by atoms with Gasteiger partial charge in [0.05, 0.1) is 28.5 Å². The molecule has 0 fully saturated rings. The summed E-state index contributed by atoms with van der Waals surface area (Å²) in [5.74, 6) is -1.02. The van der Waals surface area contributed by atoms with E-state index in [1.807, 2.05) is 6.07 Å². The van der Waals surface area contributed by atoms with Crippen molar-refractivity contribution < 1.29 is 28.7 Å². The van der Waals surface area contributed by atoms with Crippen LogP contribution >= 0.6 is 11.6 Å². The van der Waals surface area contributed by atoms with E-state index in [0.29, 0.717) is 42.0 Å². The maximum atomic E-state index is 14.1. The van der Waals surface area contributed by atoms with Gasteiger partial charge < -0.3 is 20.7 Å². The molecule has 0 saturated heterocycles. The van der Waals surface area contributed by atoms with Gasteiger partial charge in [-0.1, -0.05) is 91.3 Å². The topological polar surface area (TPSA) is 185 Å². The molecule has 5 aromatic rings. The maximum absolute atomic E-state index is 14.1. The number of ether oxygens (including phenoxy) is 1. The van der Waals surface area contributed by atoms with E-state index in [9.17, 15) is 24.0 Å². The van der Waals surface area contributed by atoms with E-state index in [0.717, 1.165) is 24.2 Å². The Morgan fingerprint density at radius 3 is 2.13 bits per heavy atom. The van der Waals surface area contributed by atoms with Gasteiger partial charge in [-0.2, -0.15) is 0 Å². The Morgan fingerprint density at radius 2 is 1.47 bits per heavy atom. The van der Waals surface area contributed by atoms with E-state index in [1.54, 1.807) is 69.3 Å². The van der Waals surface area contributed by atoms with Crippen LogP contribution in [-0.4, -0.2) is 51.5 Å². The van der Waals surface area contributed by atoms with Crippen LogP contribution in [0.2, 0.25) is 5.02 Å². The summed E-state index contributed by atoms with van der Waals surface area (Å²) < 4.78 is 7.50. The number of hydrogen-bond donors (Lipinski definition) is 5. The first-order valence-electron chi connectivity index (χ1n) is 20.7. The fourth-order valence-electron chi connectivity index (χ4n) is 6.52. The average Bonchev–Trinajstić information content (AvgIpc) is 3.65. The molecular weight excluding hydrogens is 808 g/mol. The minimum absolute atomic E-state index is 0.0397. The van der Waals surface area contributed by atoms with Crippen LogP contribution in [0.15, 0.2) is 78.9 Å². The van der Waals surface area contributed by atoms with Gasteiger partial charge in [0.1, 0.15) is 11.3 Å². The molecule has 1 aromatic heterocycles. The zero-order valence-corrected chi connectivity index (χ0v) is 37.6. The molecule has 328 valence electrons. The molecule has 0 aliphatic carbocycles. The Kier molecular flexibility index (Phi) is 14.8. The second-order valence-electron chi connectivity index (χ2n) is 17.5. The maximum Gasteiger partial charge on any atom is 0.257 e. The van der Waals surface area contributed by atoms with Crippen molar-refractivity contribution >= 4 is 75.3 Å². The number of fused-ring (bicyclic) bond motifs is 1. The number of nitrogens with one attached hydrogen (secondary N) is 5. The molecule has 4 aromatic carbocycles. The van der Waals surface area contributed by atoms with Gasteiger partial charge in [-0.15, -0.1) is 5.10 Å². The Bertz CT molecular complexity index is 2440. The summed E-state index contributed by atoms with van der Waals surface area (Å²) in [6.45, 7) is 18.7. The van der Waals surface area contributed by atoms with Crippen molar-refractivity contribution in [3.05, 3.63) is 101 Å². The van der Waals surface area contributed by atoms with Gasteiger partial charge in [-0.25, -0.2) is 4.68 Å². The predicted molar refractivity (Wildman–Crippen MR) is 245 cm³/mol. The lowest BCUT2D eigenvalue weighted by Crippen LogP contribution is -2.39. The quantitative estimate of drug-likeness (QED) is 0.0233. The molecule has 0 aliphatic heterocycles. The van der Waals surface area contributed by atoms with Gasteiger partial charge in [-0.3, -0.25) is 34.8 Å². The number of carbonyl (C=O) groups is 5. The minimum Gasteiger partial charge on any atom is -0.493 e. The van der Waals surface area contributed by atoms with Crippen LogP contribution in [-0.2, 0) is 30.0 Å². The molecule has 0 unspecified atom stereocenters. The molecule has 0 aliphatic rings. The highest BCUT2D eigenvalue weighted by Gasteiger charge is 2.38. The Morgan fingerprint density at radius 1 is 0.790 bits per heavy atom. The number of Topliss-reactive ketones (excluding diaryl/α,β-unsaturated/α-hetero) is 1. The van der Waals surface area contributed by atoms with Crippen LogP contribution in [0, 0.1) is 5.41 Å². The van der Waals surface area contributed by atoms with Crippen LogP contribution in [0.1, 0.15) is 116 Å². The summed E-state index contributed by atoms with van der Waals surface area (Å²) in [7, 11) is 0. The molecule has 0 saturated carbocycles. The standard InChI is InChI=1S/C47H57ClN8O6/c1-10-46(6,7)30-15-23-39(34(26-30)47(8,9)11-2)62-24-12-13-40(58)50-33-20-21-35(48)36(27-33)52-44(61)41(42(59)45(3,4)5)56-38-22-14-29(25-37(38)54-55-56)43(60)51-31-16-18-32(19-17-31)53-49-28-57/h14-23,25-28,41,53H,10-13,24H2,1-9H3,(H,49,57)(H,50,58)(H,51,60)(H,52,61)/t41-/m1/s1. The fourth-order valence-corrected chi connectivity index (χ4v) is 6.68. The van der Waals surface area contributed by atoms with Gasteiger partial charge in [0.25, 0.3) is 11.8 Å². The summed E-state index contributed by atoms with van der Waals surface area (Å²) in [5, 5.41) is 17.0. The van der Waals surface area contributed by atoms with Gasteiger partial charge in [0.15, 0.2) is 11.8 Å². The lowest BCUT2D eigenvalue weighted by Gasteiger charge is -2.30. The number of anilines is 4. The smallest absolute Gasteiger partial charge is 0.257 e. The number of ketones is 1. The predicted octanol–water partition coefficient (Wildman–Crippen LogP) is 9.38. The lowest BCUT2D eigenvalue weighted by atomic mass is 9.76. The van der Waals surface area contributed by atoms with Crippen molar-refractivity contribution in [3.8, 4) is 5.75 Å². The number of hydrogen-bond acceptors (Lipinski definition) is 9. The third-order valence-electron chi connectivity index (χ3n) is 11.2. The highest BCUT2D eigenvalue weighted by atomic mass is 35.5.